The number of carbonyl (C=O) groups is 1. The second kappa shape index (κ2) is 10.1. The van der Waals surface area contributed by atoms with Crippen LogP contribution in [-0.2, 0) is 35.5 Å². The van der Waals surface area contributed by atoms with Crippen LogP contribution in [0.1, 0.15) is 41.8 Å². The van der Waals surface area contributed by atoms with Crippen LogP contribution in [0.5, 0.6) is 0 Å². The Hall–Kier alpha value is -2.30. The summed E-state index contributed by atoms with van der Waals surface area (Å²) in [6, 6.07) is 10.1. The second-order valence-electron chi connectivity index (χ2n) is 8.11. The zero-order valence-corrected chi connectivity index (χ0v) is 19.5. The normalized spacial score (nSPS) is 17.9. The van der Waals surface area contributed by atoms with E-state index in [-0.39, 0.29) is 17.8 Å². The van der Waals surface area contributed by atoms with E-state index >= 15 is 0 Å². The van der Waals surface area contributed by atoms with Gasteiger partial charge in [-0.05, 0) is 54.5 Å². The minimum absolute atomic E-state index is 0.0108. The lowest BCUT2D eigenvalue weighted by molar-refractivity contribution is -0.116. The summed E-state index contributed by atoms with van der Waals surface area (Å²) in [6.45, 7) is 1.92. The van der Waals surface area contributed by atoms with Crippen LogP contribution in [-0.4, -0.2) is 49.6 Å². The molecular weight excluding hydrogens is 444 g/mol. The summed E-state index contributed by atoms with van der Waals surface area (Å²) in [4.78, 5) is 21.4. The summed E-state index contributed by atoms with van der Waals surface area (Å²) in [7, 11) is 0. The molecule has 0 spiro atoms. The summed E-state index contributed by atoms with van der Waals surface area (Å²) in [5.74, 6) is 0.264. The molecule has 1 aliphatic heterocycles. The maximum absolute atomic E-state index is 13.4. The van der Waals surface area contributed by atoms with Crippen LogP contribution < -0.4 is 4.90 Å². The van der Waals surface area contributed by atoms with Gasteiger partial charge in [-0.3, -0.25) is 9.69 Å². The lowest BCUT2D eigenvalue weighted by Gasteiger charge is -2.20. The molecule has 32 heavy (non-hydrogen) atoms. The Morgan fingerprint density at radius 3 is 2.91 bits per heavy atom. The monoisotopic (exact) mass is 470 g/mol. The number of aryl methyl sites for hydroxylation is 2. The fourth-order valence-corrected chi connectivity index (χ4v) is 6.01. The standard InChI is InChI=1S/C22H26N6O2S2/c29-20(15-31-22-24-25-26-28(22)14-17-9-6-12-30-17)27(13-16-7-2-1-3-8-16)21-23-18-10-4-5-11-19(18)32-21/h1-3,7-8,17H,4-6,9-15H2. The third-order valence-corrected chi connectivity index (χ3v) is 7.90. The molecule has 5 rings (SSSR count). The van der Waals surface area contributed by atoms with E-state index in [0.29, 0.717) is 18.2 Å². The summed E-state index contributed by atoms with van der Waals surface area (Å²) in [5, 5.41) is 13.5. The molecule has 3 heterocycles. The van der Waals surface area contributed by atoms with E-state index in [0.717, 1.165) is 48.7 Å². The number of anilines is 1. The third kappa shape index (κ3) is 5.02. The molecule has 168 valence electrons. The van der Waals surface area contributed by atoms with Gasteiger partial charge in [-0.25, -0.2) is 9.67 Å². The van der Waals surface area contributed by atoms with E-state index in [1.165, 1.54) is 29.5 Å². The maximum atomic E-state index is 13.4. The molecule has 1 aliphatic carbocycles. The molecule has 1 amide bonds. The van der Waals surface area contributed by atoms with E-state index in [4.69, 9.17) is 9.72 Å². The minimum atomic E-state index is 0.0108. The molecule has 0 N–H and O–H groups in total. The van der Waals surface area contributed by atoms with Gasteiger partial charge in [0.25, 0.3) is 0 Å². The average molecular weight is 471 g/mol. The molecule has 8 nitrogen and oxygen atoms in total. The van der Waals surface area contributed by atoms with Gasteiger partial charge in [-0.2, -0.15) is 0 Å². The Labute approximate surface area is 195 Å². The molecule has 0 saturated carbocycles. The quantitative estimate of drug-likeness (QED) is 0.466. The highest BCUT2D eigenvalue weighted by molar-refractivity contribution is 7.99. The van der Waals surface area contributed by atoms with Gasteiger partial charge >= 0.3 is 0 Å². The van der Waals surface area contributed by atoms with Crippen LogP contribution in [0.3, 0.4) is 0 Å². The van der Waals surface area contributed by atoms with Crippen LogP contribution in [0, 0.1) is 0 Å². The molecule has 2 aliphatic rings. The van der Waals surface area contributed by atoms with E-state index in [2.05, 4.69) is 15.5 Å². The number of rotatable bonds is 8. The van der Waals surface area contributed by atoms with Gasteiger partial charge < -0.3 is 4.74 Å². The first-order chi connectivity index (χ1) is 15.8. The Morgan fingerprint density at radius 2 is 2.09 bits per heavy atom. The molecule has 3 aromatic rings. The number of aromatic nitrogens is 5. The molecule has 1 unspecified atom stereocenters. The van der Waals surface area contributed by atoms with Gasteiger partial charge in [0.15, 0.2) is 5.13 Å². The highest BCUT2D eigenvalue weighted by atomic mass is 32.2. The topological polar surface area (TPSA) is 86.0 Å². The van der Waals surface area contributed by atoms with Crippen LogP contribution in [0.25, 0.3) is 0 Å². The SMILES string of the molecule is O=C(CSc1nnnn1CC1CCCO1)N(Cc1ccccc1)c1nc2c(s1)CCCC2. The first kappa shape index (κ1) is 21.5. The van der Waals surface area contributed by atoms with Gasteiger partial charge in [0.2, 0.25) is 11.1 Å². The summed E-state index contributed by atoms with van der Waals surface area (Å²) < 4.78 is 7.45. The summed E-state index contributed by atoms with van der Waals surface area (Å²) in [6.07, 6.45) is 6.67. The lowest BCUT2D eigenvalue weighted by atomic mass is 10.0. The van der Waals surface area contributed by atoms with Crippen molar-refractivity contribution in [2.24, 2.45) is 0 Å². The summed E-state index contributed by atoms with van der Waals surface area (Å²) in [5.41, 5.74) is 2.25. The number of benzene rings is 1. The van der Waals surface area contributed by atoms with Crippen molar-refractivity contribution in [3.63, 3.8) is 0 Å². The third-order valence-electron chi connectivity index (χ3n) is 5.77. The largest absolute Gasteiger partial charge is 0.376 e. The number of thioether (sulfide) groups is 1. The number of amides is 1. The van der Waals surface area contributed by atoms with Crippen LogP contribution in [0.4, 0.5) is 5.13 Å². The first-order valence-electron chi connectivity index (χ1n) is 11.1. The highest BCUT2D eigenvalue weighted by Crippen LogP contribution is 2.33. The molecule has 1 aromatic carbocycles. The number of ether oxygens (including phenoxy) is 1. The van der Waals surface area contributed by atoms with Crippen LogP contribution >= 0.6 is 23.1 Å². The van der Waals surface area contributed by atoms with E-state index < -0.39 is 0 Å². The minimum Gasteiger partial charge on any atom is -0.376 e. The Kier molecular flexibility index (Phi) is 6.80. The lowest BCUT2D eigenvalue weighted by Crippen LogP contribution is -2.32. The Morgan fingerprint density at radius 1 is 1.22 bits per heavy atom. The number of thiazole rings is 1. The fourth-order valence-electron chi connectivity index (χ4n) is 4.08. The van der Waals surface area contributed by atoms with E-state index in [1.807, 2.05) is 35.2 Å². The second-order valence-corrected chi connectivity index (χ2v) is 10.1. The Balaban J connectivity index is 1.31. The van der Waals surface area contributed by atoms with Crippen molar-refractivity contribution in [1.82, 2.24) is 25.2 Å². The van der Waals surface area contributed by atoms with E-state index in [1.54, 1.807) is 16.0 Å². The number of hydrogen-bond donors (Lipinski definition) is 0. The molecule has 1 saturated heterocycles. The van der Waals surface area contributed by atoms with E-state index in [9.17, 15) is 4.79 Å². The predicted octanol–water partition coefficient (Wildman–Crippen LogP) is 3.51. The zero-order valence-electron chi connectivity index (χ0n) is 17.9. The Bertz CT molecular complexity index is 1020. The van der Waals surface area contributed by atoms with Gasteiger partial charge in [-0.15, -0.1) is 16.4 Å². The molecule has 10 heteroatoms. The van der Waals surface area contributed by atoms with Crippen molar-refractivity contribution in [3.8, 4) is 0 Å². The van der Waals surface area contributed by atoms with Crippen molar-refractivity contribution >= 4 is 34.1 Å². The zero-order chi connectivity index (χ0) is 21.8. The number of hydrogen-bond acceptors (Lipinski definition) is 8. The molecular formula is C22H26N6O2S2. The van der Waals surface area contributed by atoms with Crippen molar-refractivity contribution in [3.05, 3.63) is 46.5 Å². The number of nitrogens with zero attached hydrogens (tertiary/aromatic N) is 6. The first-order valence-corrected chi connectivity index (χ1v) is 12.9. The summed E-state index contributed by atoms with van der Waals surface area (Å²) >= 11 is 3.03. The molecule has 0 bridgehead atoms. The number of tetrazole rings is 1. The van der Waals surface area contributed by atoms with Crippen LogP contribution in [0.15, 0.2) is 35.5 Å². The molecule has 1 atom stereocenters. The average Bonchev–Trinajstić information content (AvgIpc) is 3.58. The van der Waals surface area contributed by atoms with Crippen molar-refractivity contribution in [1.29, 1.82) is 0 Å². The highest BCUT2D eigenvalue weighted by Gasteiger charge is 2.25. The van der Waals surface area contributed by atoms with Crippen molar-refractivity contribution in [2.75, 3.05) is 17.3 Å². The molecule has 0 radical (unpaired) electrons. The van der Waals surface area contributed by atoms with Gasteiger partial charge in [0, 0.05) is 11.5 Å². The predicted molar refractivity (Wildman–Crippen MR) is 124 cm³/mol. The number of fused-ring (bicyclic) bond motifs is 1. The van der Waals surface area contributed by atoms with Gasteiger partial charge in [0.1, 0.15) is 0 Å². The fraction of sp³-hybridized carbons (Fsp3) is 0.500. The maximum Gasteiger partial charge on any atom is 0.239 e. The van der Waals surface area contributed by atoms with Gasteiger partial charge in [-0.1, -0.05) is 42.1 Å². The molecule has 1 fully saturated rings. The van der Waals surface area contributed by atoms with Crippen molar-refractivity contribution in [2.45, 2.75) is 62.9 Å². The van der Waals surface area contributed by atoms with Crippen molar-refractivity contribution < 1.29 is 9.53 Å². The number of carbonyl (C=O) groups excluding carboxylic acids is 1. The smallest absolute Gasteiger partial charge is 0.239 e. The van der Waals surface area contributed by atoms with Gasteiger partial charge in [0.05, 0.1) is 30.6 Å². The molecule has 2 aromatic heterocycles. The van der Waals surface area contributed by atoms with Crippen LogP contribution in [0.2, 0.25) is 0 Å².